The van der Waals surface area contributed by atoms with E-state index in [4.69, 9.17) is 0 Å². The monoisotopic (exact) mass is 352 g/mol. The number of nitrogens with zero attached hydrogens (tertiary/aromatic N) is 2. The van der Waals surface area contributed by atoms with Gasteiger partial charge in [0.1, 0.15) is 6.54 Å². The highest BCUT2D eigenvalue weighted by Gasteiger charge is 2.25. The summed E-state index contributed by atoms with van der Waals surface area (Å²) in [5.41, 5.74) is 9.06. The maximum absolute atomic E-state index is 2.63. The third-order valence-electron chi connectivity index (χ3n) is 5.81. The Morgan fingerprint density at radius 3 is 2.44 bits per heavy atom. The first-order chi connectivity index (χ1) is 11.9. The molecule has 0 spiro atoms. The summed E-state index contributed by atoms with van der Waals surface area (Å²) in [4.78, 5) is 2.63. The van der Waals surface area contributed by atoms with Crippen molar-refractivity contribution in [3.05, 3.63) is 58.9 Å². The van der Waals surface area contributed by atoms with Gasteiger partial charge in [0.15, 0.2) is 6.20 Å². The zero-order valence-corrected chi connectivity index (χ0v) is 15.4. The maximum atomic E-state index is 2.63. The van der Waals surface area contributed by atoms with Crippen molar-refractivity contribution in [1.82, 2.24) is 0 Å². The fraction of sp³-hybridized carbons (Fsp3) is 0.409. The number of aryl methyl sites for hydroxylation is 3. The predicted octanol–water partition coefficient (Wildman–Crippen LogP) is 1.01. The van der Waals surface area contributed by atoms with Crippen LogP contribution in [0.25, 0.3) is 11.6 Å². The van der Waals surface area contributed by atoms with Gasteiger partial charge in [-0.1, -0.05) is 0 Å². The molecule has 2 nitrogen and oxygen atoms in total. The molecule has 0 fully saturated rings. The van der Waals surface area contributed by atoms with Crippen molar-refractivity contribution in [2.75, 3.05) is 18.0 Å². The summed E-state index contributed by atoms with van der Waals surface area (Å²) in [5, 5.41) is 0. The molecule has 0 atom stereocenters. The van der Waals surface area contributed by atoms with Crippen LogP contribution in [-0.4, -0.2) is 13.1 Å². The first kappa shape index (κ1) is 16.7. The van der Waals surface area contributed by atoms with E-state index >= 15 is 0 Å². The molecule has 1 aromatic carbocycles. The average Bonchev–Trinajstić information content (AvgIpc) is 2.63. The first-order valence-electron chi connectivity index (χ1n) is 9.49. The molecule has 5 rings (SSSR count). The number of allylic oxidation sites excluding steroid dienone is 1. The largest absolute Gasteiger partial charge is 1.00 e. The predicted molar refractivity (Wildman–Crippen MR) is 99.0 cm³/mol. The quantitative estimate of drug-likeness (QED) is 0.695. The van der Waals surface area contributed by atoms with E-state index in [-0.39, 0.29) is 12.4 Å². The third-order valence-corrected chi connectivity index (χ3v) is 5.81. The Kier molecular flexibility index (Phi) is 4.56. The minimum Gasteiger partial charge on any atom is -1.00 e. The van der Waals surface area contributed by atoms with Gasteiger partial charge in [0, 0.05) is 42.9 Å². The average molecular weight is 353 g/mol. The zero-order chi connectivity index (χ0) is 15.9. The molecule has 25 heavy (non-hydrogen) atoms. The van der Waals surface area contributed by atoms with Gasteiger partial charge in [-0.05, 0) is 73.1 Å². The second-order valence-corrected chi connectivity index (χ2v) is 7.43. The van der Waals surface area contributed by atoms with Crippen molar-refractivity contribution in [2.45, 2.75) is 45.1 Å². The molecule has 0 bridgehead atoms. The Bertz CT molecular complexity index is 794. The van der Waals surface area contributed by atoms with Gasteiger partial charge in [-0.15, -0.1) is 0 Å². The highest BCUT2D eigenvalue weighted by atomic mass is 35.5. The molecule has 3 aliphatic rings. The molecule has 0 saturated heterocycles. The number of anilines is 1. The van der Waals surface area contributed by atoms with Crippen LogP contribution in [0.15, 0.2) is 36.5 Å². The lowest BCUT2D eigenvalue weighted by atomic mass is 9.89. The highest BCUT2D eigenvalue weighted by molar-refractivity contribution is 5.81. The van der Waals surface area contributed by atoms with Crippen LogP contribution >= 0.6 is 0 Å². The molecule has 0 unspecified atom stereocenters. The number of fused-ring (bicyclic) bond motifs is 1. The normalized spacial score (nSPS) is 19.8. The van der Waals surface area contributed by atoms with Crippen molar-refractivity contribution in [2.24, 2.45) is 0 Å². The highest BCUT2D eigenvalue weighted by Crippen LogP contribution is 2.37. The SMILES string of the molecule is C(=C1/CCC[n+]2ccccc21)/c1cc2c3c(c1)CCCN3CCC2.[Cl-]. The smallest absolute Gasteiger partial charge is 0.208 e. The van der Waals surface area contributed by atoms with Crippen molar-refractivity contribution in [3.8, 4) is 0 Å². The number of hydrogen-bond acceptors (Lipinski definition) is 1. The topological polar surface area (TPSA) is 7.12 Å². The zero-order valence-electron chi connectivity index (χ0n) is 14.7. The Morgan fingerprint density at radius 1 is 0.920 bits per heavy atom. The van der Waals surface area contributed by atoms with Crippen LogP contribution in [0.5, 0.6) is 0 Å². The molecule has 0 amide bonds. The molecule has 0 radical (unpaired) electrons. The van der Waals surface area contributed by atoms with Crippen LogP contribution < -0.4 is 21.9 Å². The van der Waals surface area contributed by atoms with Gasteiger partial charge in [0.2, 0.25) is 5.69 Å². The fourth-order valence-electron chi connectivity index (χ4n) is 4.79. The fourth-order valence-corrected chi connectivity index (χ4v) is 4.79. The molecule has 3 aliphatic heterocycles. The Labute approximate surface area is 156 Å². The second-order valence-electron chi connectivity index (χ2n) is 7.43. The summed E-state index contributed by atoms with van der Waals surface area (Å²) in [5.74, 6) is 0. The molecule has 1 aromatic heterocycles. The minimum atomic E-state index is 0. The van der Waals surface area contributed by atoms with Crippen molar-refractivity contribution < 1.29 is 17.0 Å². The second kappa shape index (κ2) is 6.84. The van der Waals surface area contributed by atoms with Crippen LogP contribution in [0.3, 0.4) is 0 Å². The number of rotatable bonds is 1. The van der Waals surface area contributed by atoms with Gasteiger partial charge in [-0.2, -0.15) is 4.57 Å². The van der Waals surface area contributed by atoms with Gasteiger partial charge in [0.25, 0.3) is 0 Å². The van der Waals surface area contributed by atoms with E-state index in [1.807, 2.05) is 0 Å². The van der Waals surface area contributed by atoms with E-state index in [1.54, 1.807) is 16.8 Å². The Hall–Kier alpha value is -1.80. The molecule has 0 aliphatic carbocycles. The molecule has 0 saturated carbocycles. The van der Waals surface area contributed by atoms with Crippen molar-refractivity contribution in [3.63, 3.8) is 0 Å². The molecular formula is C22H25ClN2. The number of pyridine rings is 1. The van der Waals surface area contributed by atoms with Crippen molar-refractivity contribution >= 4 is 17.3 Å². The summed E-state index contributed by atoms with van der Waals surface area (Å²) >= 11 is 0. The van der Waals surface area contributed by atoms with E-state index in [9.17, 15) is 0 Å². The minimum absolute atomic E-state index is 0. The summed E-state index contributed by atoms with van der Waals surface area (Å²) in [6, 6.07) is 11.5. The summed E-state index contributed by atoms with van der Waals surface area (Å²) < 4.78 is 2.40. The van der Waals surface area contributed by atoms with E-state index in [0.29, 0.717) is 0 Å². The summed E-state index contributed by atoms with van der Waals surface area (Å²) in [6.45, 7) is 3.66. The molecule has 2 aromatic rings. The van der Waals surface area contributed by atoms with Gasteiger partial charge < -0.3 is 17.3 Å². The Morgan fingerprint density at radius 2 is 1.68 bits per heavy atom. The van der Waals surface area contributed by atoms with Crippen LogP contribution in [0.1, 0.15) is 48.1 Å². The number of benzene rings is 1. The van der Waals surface area contributed by atoms with Gasteiger partial charge in [-0.25, -0.2) is 0 Å². The standard InChI is InChI=1S/C22H25N2.ClH/c1-2-10-23-11-3-6-18(21(23)9-1)14-17-15-19-7-4-12-24-13-5-8-20(16-17)22(19)24;/h1-2,9-10,14-16H,3-8,11-13H2;1H/q+1;/p-1. The lowest BCUT2D eigenvalue weighted by Gasteiger charge is -2.37. The van der Waals surface area contributed by atoms with E-state index < -0.39 is 0 Å². The molecule has 0 N–H and O–H groups in total. The van der Waals surface area contributed by atoms with Gasteiger partial charge >= 0.3 is 0 Å². The number of hydrogen-bond donors (Lipinski definition) is 0. The molecule has 4 heterocycles. The molecule has 130 valence electrons. The Balaban J connectivity index is 0.00000157. The van der Waals surface area contributed by atoms with Gasteiger partial charge in [0.05, 0.1) is 0 Å². The third kappa shape index (κ3) is 2.97. The number of halogens is 1. The maximum Gasteiger partial charge on any atom is 0.208 e. The van der Waals surface area contributed by atoms with Crippen LogP contribution in [0, 0.1) is 0 Å². The van der Waals surface area contributed by atoms with E-state index in [2.05, 4.69) is 52.1 Å². The van der Waals surface area contributed by atoms with Crippen LogP contribution in [0.4, 0.5) is 5.69 Å². The van der Waals surface area contributed by atoms with E-state index in [1.165, 1.54) is 68.4 Å². The lowest BCUT2D eigenvalue weighted by Crippen LogP contribution is -3.00. The first-order valence-corrected chi connectivity index (χ1v) is 9.49. The summed E-state index contributed by atoms with van der Waals surface area (Å²) in [6.07, 6.45) is 12.2. The number of aromatic nitrogens is 1. The van der Waals surface area contributed by atoms with Gasteiger partial charge in [-0.3, -0.25) is 0 Å². The van der Waals surface area contributed by atoms with Crippen molar-refractivity contribution in [1.29, 1.82) is 0 Å². The lowest BCUT2D eigenvalue weighted by molar-refractivity contribution is -0.702. The van der Waals surface area contributed by atoms with E-state index in [0.717, 1.165) is 6.54 Å². The molecule has 3 heteroatoms. The van der Waals surface area contributed by atoms with Crippen LogP contribution in [0.2, 0.25) is 0 Å². The van der Waals surface area contributed by atoms with Crippen LogP contribution in [-0.2, 0) is 19.4 Å². The summed E-state index contributed by atoms with van der Waals surface area (Å²) in [7, 11) is 0. The molecular weight excluding hydrogens is 328 g/mol.